The van der Waals surface area contributed by atoms with Gasteiger partial charge in [-0.1, -0.05) is 17.3 Å². The first-order valence-electron chi connectivity index (χ1n) is 6.25. The van der Waals surface area contributed by atoms with E-state index in [1.807, 2.05) is 12.2 Å². The number of aliphatic carboxylic acids is 1. The Bertz CT molecular complexity index is 523. The summed E-state index contributed by atoms with van der Waals surface area (Å²) in [7, 11) is 0. The second kappa shape index (κ2) is 4.53. The molecule has 1 fully saturated rings. The highest BCUT2D eigenvalue weighted by molar-refractivity contribution is 5.86. The predicted molar refractivity (Wildman–Crippen MR) is 63.7 cm³/mol. The maximum Gasteiger partial charge on any atom is 0.307 e. The molecule has 1 aromatic rings. The van der Waals surface area contributed by atoms with Crippen LogP contribution in [-0.2, 0) is 16.1 Å². The number of nitrogens with one attached hydrogen (secondary N) is 1. The van der Waals surface area contributed by atoms with Gasteiger partial charge in [0.15, 0.2) is 5.76 Å². The van der Waals surface area contributed by atoms with E-state index < -0.39 is 17.8 Å². The summed E-state index contributed by atoms with van der Waals surface area (Å²) >= 11 is 0. The molecule has 1 aromatic heterocycles. The third kappa shape index (κ3) is 2.03. The van der Waals surface area contributed by atoms with Crippen molar-refractivity contribution in [2.24, 2.45) is 23.7 Å². The van der Waals surface area contributed by atoms with E-state index in [1.165, 1.54) is 6.20 Å². The molecule has 6 nitrogen and oxygen atoms in total. The van der Waals surface area contributed by atoms with Gasteiger partial charge in [-0.15, -0.1) is 0 Å². The third-order valence-electron chi connectivity index (χ3n) is 3.98. The Hall–Kier alpha value is -2.11. The predicted octanol–water partition coefficient (Wildman–Crippen LogP) is 0.814. The van der Waals surface area contributed by atoms with Gasteiger partial charge in [-0.3, -0.25) is 9.59 Å². The minimum absolute atomic E-state index is 0.0106. The molecular weight excluding hydrogens is 248 g/mol. The molecule has 1 heterocycles. The Kier molecular flexibility index (Phi) is 2.85. The molecule has 2 unspecified atom stereocenters. The van der Waals surface area contributed by atoms with E-state index in [4.69, 9.17) is 4.52 Å². The van der Waals surface area contributed by atoms with Crippen LogP contribution in [0.3, 0.4) is 0 Å². The van der Waals surface area contributed by atoms with E-state index in [0.717, 1.165) is 6.42 Å². The number of hydrogen-bond donors (Lipinski definition) is 2. The van der Waals surface area contributed by atoms with E-state index in [0.29, 0.717) is 5.76 Å². The molecular formula is C13H14N2O4. The zero-order valence-corrected chi connectivity index (χ0v) is 10.2. The highest BCUT2D eigenvalue weighted by atomic mass is 16.5. The van der Waals surface area contributed by atoms with Crippen molar-refractivity contribution >= 4 is 11.9 Å². The lowest BCUT2D eigenvalue weighted by molar-refractivity contribution is -0.147. The normalized spacial score (nSPS) is 31.6. The van der Waals surface area contributed by atoms with Crippen molar-refractivity contribution in [3.63, 3.8) is 0 Å². The first kappa shape index (κ1) is 12.0. The maximum absolute atomic E-state index is 12.2. The fraction of sp³-hybridized carbons (Fsp3) is 0.462. The number of aromatic nitrogens is 1. The molecule has 0 saturated heterocycles. The van der Waals surface area contributed by atoms with Gasteiger partial charge >= 0.3 is 5.97 Å². The lowest BCUT2D eigenvalue weighted by Gasteiger charge is -2.23. The van der Waals surface area contributed by atoms with E-state index in [1.54, 1.807) is 6.07 Å². The van der Waals surface area contributed by atoms with Crippen molar-refractivity contribution in [2.75, 3.05) is 0 Å². The van der Waals surface area contributed by atoms with Gasteiger partial charge in [0.1, 0.15) is 0 Å². The van der Waals surface area contributed by atoms with E-state index in [-0.39, 0.29) is 24.3 Å². The van der Waals surface area contributed by atoms with Crippen LogP contribution in [0.4, 0.5) is 0 Å². The number of carboxylic acids is 1. The number of rotatable bonds is 4. The van der Waals surface area contributed by atoms with Crippen molar-refractivity contribution in [3.05, 3.63) is 30.2 Å². The Labute approximate surface area is 109 Å². The SMILES string of the molecule is O=C(O)[C@@H]1C2C=CC(C2)[C@@H]1C(=O)NCc1ccno1. The smallest absolute Gasteiger partial charge is 0.307 e. The van der Waals surface area contributed by atoms with Crippen molar-refractivity contribution in [1.82, 2.24) is 10.5 Å². The van der Waals surface area contributed by atoms with E-state index in [9.17, 15) is 14.7 Å². The minimum atomic E-state index is -0.892. The zero-order chi connectivity index (χ0) is 13.4. The quantitative estimate of drug-likeness (QED) is 0.783. The van der Waals surface area contributed by atoms with Gasteiger partial charge in [0.2, 0.25) is 5.91 Å². The molecule has 0 aromatic carbocycles. The first-order valence-corrected chi connectivity index (χ1v) is 6.25. The van der Waals surface area contributed by atoms with Crippen molar-refractivity contribution in [1.29, 1.82) is 0 Å². The average molecular weight is 262 g/mol. The number of carbonyl (C=O) groups is 2. The Balaban J connectivity index is 1.68. The van der Waals surface area contributed by atoms with Crippen LogP contribution in [0.2, 0.25) is 0 Å². The van der Waals surface area contributed by atoms with Crippen molar-refractivity contribution < 1.29 is 19.2 Å². The number of hydrogen-bond acceptors (Lipinski definition) is 4. The van der Waals surface area contributed by atoms with Crippen LogP contribution >= 0.6 is 0 Å². The van der Waals surface area contributed by atoms with Crippen LogP contribution in [0.5, 0.6) is 0 Å². The van der Waals surface area contributed by atoms with E-state index in [2.05, 4.69) is 10.5 Å². The fourth-order valence-electron chi connectivity index (χ4n) is 3.14. The summed E-state index contributed by atoms with van der Waals surface area (Å²) < 4.78 is 4.89. The summed E-state index contributed by atoms with van der Waals surface area (Å²) in [5.41, 5.74) is 0. The van der Waals surface area contributed by atoms with Crippen LogP contribution in [-0.4, -0.2) is 22.1 Å². The second-order valence-electron chi connectivity index (χ2n) is 5.03. The molecule has 3 rings (SSSR count). The van der Waals surface area contributed by atoms with Gasteiger partial charge in [0, 0.05) is 6.07 Å². The molecule has 1 amide bonds. The maximum atomic E-state index is 12.2. The summed E-state index contributed by atoms with van der Waals surface area (Å²) in [6.07, 6.45) is 6.14. The monoisotopic (exact) mass is 262 g/mol. The standard InChI is InChI=1S/C13H14N2O4/c16-12(14-6-9-3-4-15-19-9)10-7-1-2-8(5-7)11(10)13(17)18/h1-4,7-8,10-11H,5-6H2,(H,14,16)(H,17,18)/t7?,8?,10-,11+/m0/s1. The summed E-state index contributed by atoms with van der Waals surface area (Å²) in [4.78, 5) is 23.5. The van der Waals surface area contributed by atoms with Crippen LogP contribution in [0.15, 0.2) is 28.9 Å². The molecule has 0 spiro atoms. The Morgan fingerprint density at radius 1 is 1.37 bits per heavy atom. The lowest BCUT2D eigenvalue weighted by atomic mass is 9.82. The highest BCUT2D eigenvalue weighted by Gasteiger charge is 2.51. The summed E-state index contributed by atoms with van der Waals surface area (Å²) in [6, 6.07) is 1.66. The van der Waals surface area contributed by atoms with Crippen LogP contribution < -0.4 is 5.32 Å². The zero-order valence-electron chi connectivity index (χ0n) is 10.2. The number of fused-ring (bicyclic) bond motifs is 2. The molecule has 100 valence electrons. The molecule has 19 heavy (non-hydrogen) atoms. The molecule has 2 aliphatic rings. The highest BCUT2D eigenvalue weighted by Crippen LogP contribution is 2.48. The van der Waals surface area contributed by atoms with E-state index >= 15 is 0 Å². The minimum Gasteiger partial charge on any atom is -0.481 e. The van der Waals surface area contributed by atoms with Gasteiger partial charge in [0.25, 0.3) is 0 Å². The molecule has 0 radical (unpaired) electrons. The summed E-state index contributed by atoms with van der Waals surface area (Å²) in [6.45, 7) is 0.239. The third-order valence-corrected chi connectivity index (χ3v) is 3.98. The lowest BCUT2D eigenvalue weighted by Crippen LogP contribution is -2.39. The van der Waals surface area contributed by atoms with Gasteiger partial charge in [-0.25, -0.2) is 0 Å². The number of nitrogens with zero attached hydrogens (tertiary/aromatic N) is 1. The number of allylic oxidation sites excluding steroid dienone is 2. The van der Waals surface area contributed by atoms with Crippen LogP contribution in [0, 0.1) is 23.7 Å². The second-order valence-corrected chi connectivity index (χ2v) is 5.03. The summed E-state index contributed by atoms with van der Waals surface area (Å²) in [5, 5.41) is 15.5. The first-order chi connectivity index (χ1) is 9.16. The van der Waals surface area contributed by atoms with Crippen molar-refractivity contribution in [2.45, 2.75) is 13.0 Å². The number of carboxylic acid groups (broad SMARTS) is 1. The van der Waals surface area contributed by atoms with Gasteiger partial charge in [-0.05, 0) is 18.3 Å². The number of amides is 1. The molecule has 2 N–H and O–H groups in total. The summed E-state index contributed by atoms with van der Waals surface area (Å²) in [5.74, 6) is -1.61. The van der Waals surface area contributed by atoms with Crippen molar-refractivity contribution in [3.8, 4) is 0 Å². The average Bonchev–Trinajstić information content (AvgIpc) is 3.10. The van der Waals surface area contributed by atoms with Crippen LogP contribution in [0.25, 0.3) is 0 Å². The molecule has 0 aliphatic heterocycles. The number of carbonyl (C=O) groups excluding carboxylic acids is 1. The topological polar surface area (TPSA) is 92.4 Å². The molecule has 2 aliphatic carbocycles. The molecule has 6 heteroatoms. The van der Waals surface area contributed by atoms with Crippen LogP contribution in [0.1, 0.15) is 12.2 Å². The molecule has 1 saturated carbocycles. The largest absolute Gasteiger partial charge is 0.481 e. The van der Waals surface area contributed by atoms with Gasteiger partial charge in [0.05, 0.1) is 24.6 Å². The fourth-order valence-corrected chi connectivity index (χ4v) is 3.14. The van der Waals surface area contributed by atoms with Gasteiger partial charge in [-0.2, -0.15) is 0 Å². The Morgan fingerprint density at radius 3 is 2.74 bits per heavy atom. The molecule has 4 atom stereocenters. The molecule has 2 bridgehead atoms. The Morgan fingerprint density at radius 2 is 2.11 bits per heavy atom. The van der Waals surface area contributed by atoms with Gasteiger partial charge < -0.3 is 14.9 Å².